The van der Waals surface area contributed by atoms with Crippen molar-refractivity contribution in [1.29, 1.82) is 0 Å². The van der Waals surface area contributed by atoms with Gasteiger partial charge in [-0.15, -0.1) is 0 Å². The van der Waals surface area contributed by atoms with Crippen molar-refractivity contribution in [1.82, 2.24) is 0 Å². The summed E-state index contributed by atoms with van der Waals surface area (Å²) < 4.78 is 25.9. The maximum atomic E-state index is 13.6. The smallest absolute Gasteiger partial charge is 0.127 e. The second-order valence-corrected chi connectivity index (χ2v) is 6.07. The number of hydrogen-bond acceptors (Lipinski definition) is 2. The maximum absolute atomic E-state index is 13.6. The molecular weight excluding hydrogens is 285 g/mol. The molecule has 0 aliphatic rings. The molecule has 0 radical (unpaired) electrons. The monoisotopic (exact) mass is 297 g/mol. The second-order valence-electron chi connectivity index (χ2n) is 4.21. The minimum absolute atomic E-state index is 0.0556. The van der Waals surface area contributed by atoms with Crippen molar-refractivity contribution in [3.8, 4) is 0 Å². The predicted molar refractivity (Wildman–Crippen MR) is 77.1 cm³/mol. The molecular formula is C14H13ClFNOS. The standard InChI is InChI=1S/C14H13ClFNOS/c1-9-3-2-4-13(14(9)17)19(18)8-10-7-11(15)5-6-12(10)16/h2-7H,8,17H2,1H3. The molecule has 5 heteroatoms. The first kappa shape index (κ1) is 14.0. The Morgan fingerprint density at radius 3 is 2.79 bits per heavy atom. The van der Waals surface area contributed by atoms with E-state index in [1.165, 1.54) is 18.2 Å². The fourth-order valence-corrected chi connectivity index (χ4v) is 3.22. The van der Waals surface area contributed by atoms with Gasteiger partial charge in [-0.3, -0.25) is 4.21 Å². The highest BCUT2D eigenvalue weighted by Gasteiger charge is 2.13. The molecule has 19 heavy (non-hydrogen) atoms. The van der Waals surface area contributed by atoms with Crippen LogP contribution in [0.25, 0.3) is 0 Å². The number of nitrogen functional groups attached to an aromatic ring is 1. The van der Waals surface area contributed by atoms with E-state index in [9.17, 15) is 8.60 Å². The molecule has 0 fully saturated rings. The quantitative estimate of drug-likeness (QED) is 0.878. The minimum atomic E-state index is -1.40. The molecule has 2 rings (SSSR count). The number of aryl methyl sites for hydroxylation is 1. The van der Waals surface area contributed by atoms with Gasteiger partial charge in [-0.05, 0) is 36.8 Å². The Bertz CT molecular complexity index is 645. The molecule has 2 aromatic rings. The van der Waals surface area contributed by atoms with Crippen LogP contribution in [-0.2, 0) is 16.6 Å². The van der Waals surface area contributed by atoms with Crippen LogP contribution < -0.4 is 5.73 Å². The van der Waals surface area contributed by atoms with Gasteiger partial charge in [0.2, 0.25) is 0 Å². The highest BCUT2D eigenvalue weighted by Crippen LogP contribution is 2.24. The topological polar surface area (TPSA) is 43.1 Å². The molecule has 0 amide bonds. The lowest BCUT2D eigenvalue weighted by Gasteiger charge is -2.09. The van der Waals surface area contributed by atoms with E-state index >= 15 is 0 Å². The van der Waals surface area contributed by atoms with E-state index in [0.29, 0.717) is 21.2 Å². The lowest BCUT2D eigenvalue weighted by molar-refractivity contribution is 0.615. The van der Waals surface area contributed by atoms with E-state index in [-0.39, 0.29) is 5.75 Å². The van der Waals surface area contributed by atoms with Crippen LogP contribution in [-0.4, -0.2) is 4.21 Å². The lowest BCUT2D eigenvalue weighted by atomic mass is 10.2. The molecule has 100 valence electrons. The van der Waals surface area contributed by atoms with Gasteiger partial charge in [0.15, 0.2) is 0 Å². The molecule has 2 N–H and O–H groups in total. The average molecular weight is 298 g/mol. The number of halogens is 2. The first-order chi connectivity index (χ1) is 8.99. The zero-order chi connectivity index (χ0) is 14.0. The fourth-order valence-electron chi connectivity index (χ4n) is 1.73. The number of anilines is 1. The number of benzene rings is 2. The third-order valence-corrected chi connectivity index (χ3v) is 4.48. The van der Waals surface area contributed by atoms with Gasteiger partial charge < -0.3 is 5.73 Å². The summed E-state index contributed by atoms with van der Waals surface area (Å²) in [6.45, 7) is 1.84. The van der Waals surface area contributed by atoms with Crippen molar-refractivity contribution in [3.63, 3.8) is 0 Å². The molecule has 0 aliphatic carbocycles. The zero-order valence-corrected chi connectivity index (χ0v) is 11.9. The Kier molecular flexibility index (Phi) is 4.22. The molecule has 0 heterocycles. The van der Waals surface area contributed by atoms with Gasteiger partial charge in [0.05, 0.1) is 27.1 Å². The summed E-state index contributed by atoms with van der Waals surface area (Å²) in [5, 5.41) is 0.422. The van der Waals surface area contributed by atoms with Crippen molar-refractivity contribution in [3.05, 3.63) is 58.4 Å². The summed E-state index contributed by atoms with van der Waals surface area (Å²) in [5.74, 6) is -0.357. The summed E-state index contributed by atoms with van der Waals surface area (Å²) in [6, 6.07) is 9.55. The van der Waals surface area contributed by atoms with Crippen LogP contribution in [0.3, 0.4) is 0 Å². The number of nitrogens with two attached hydrogens (primary N) is 1. The number of hydrogen-bond donors (Lipinski definition) is 1. The van der Waals surface area contributed by atoms with Gasteiger partial charge in [-0.25, -0.2) is 4.39 Å². The number of rotatable bonds is 3. The van der Waals surface area contributed by atoms with Gasteiger partial charge in [0.25, 0.3) is 0 Å². The van der Waals surface area contributed by atoms with Gasteiger partial charge >= 0.3 is 0 Å². The van der Waals surface area contributed by atoms with E-state index in [0.717, 1.165) is 5.56 Å². The van der Waals surface area contributed by atoms with E-state index in [2.05, 4.69) is 0 Å². The van der Waals surface area contributed by atoms with E-state index in [1.807, 2.05) is 13.0 Å². The average Bonchev–Trinajstić information content (AvgIpc) is 2.37. The molecule has 1 unspecified atom stereocenters. The maximum Gasteiger partial charge on any atom is 0.127 e. The summed E-state index contributed by atoms with van der Waals surface area (Å²) in [5.41, 5.74) is 7.57. The van der Waals surface area contributed by atoms with E-state index in [1.54, 1.807) is 12.1 Å². The highest BCUT2D eigenvalue weighted by atomic mass is 35.5. The lowest BCUT2D eigenvalue weighted by Crippen LogP contribution is -2.03. The predicted octanol–water partition coefficient (Wildman–Crippen LogP) is 3.68. The van der Waals surface area contributed by atoms with Crippen LogP contribution in [0.1, 0.15) is 11.1 Å². The Labute approximate surface area is 118 Å². The summed E-state index contributed by atoms with van der Waals surface area (Å²) in [7, 11) is -1.40. The van der Waals surface area contributed by atoms with Crippen LogP contribution in [0.5, 0.6) is 0 Å². The summed E-state index contributed by atoms with van der Waals surface area (Å²) in [4.78, 5) is 0.527. The zero-order valence-electron chi connectivity index (χ0n) is 10.3. The highest BCUT2D eigenvalue weighted by molar-refractivity contribution is 7.84. The normalized spacial score (nSPS) is 12.4. The molecule has 1 atom stereocenters. The molecule has 0 bridgehead atoms. The third-order valence-electron chi connectivity index (χ3n) is 2.82. The van der Waals surface area contributed by atoms with Crippen molar-refractivity contribution in [2.75, 3.05) is 5.73 Å². The molecule has 2 aromatic carbocycles. The van der Waals surface area contributed by atoms with Crippen LogP contribution in [0.15, 0.2) is 41.3 Å². The van der Waals surface area contributed by atoms with Crippen LogP contribution in [0, 0.1) is 12.7 Å². The fraction of sp³-hybridized carbons (Fsp3) is 0.143. The van der Waals surface area contributed by atoms with Crippen molar-refractivity contribution in [2.45, 2.75) is 17.6 Å². The largest absolute Gasteiger partial charge is 0.398 e. The first-order valence-electron chi connectivity index (χ1n) is 5.66. The van der Waals surface area contributed by atoms with Gasteiger partial charge in [0, 0.05) is 10.6 Å². The van der Waals surface area contributed by atoms with Gasteiger partial charge in [0.1, 0.15) is 5.82 Å². The first-order valence-corrected chi connectivity index (χ1v) is 7.36. The van der Waals surface area contributed by atoms with E-state index in [4.69, 9.17) is 17.3 Å². The molecule has 0 aliphatic heterocycles. The molecule has 0 aromatic heterocycles. The van der Waals surface area contributed by atoms with Gasteiger partial charge in [-0.2, -0.15) is 0 Å². The number of para-hydroxylation sites is 1. The van der Waals surface area contributed by atoms with Crippen molar-refractivity contribution >= 4 is 28.1 Å². The molecule has 0 spiro atoms. The third kappa shape index (κ3) is 3.14. The van der Waals surface area contributed by atoms with Crippen molar-refractivity contribution in [2.24, 2.45) is 0 Å². The van der Waals surface area contributed by atoms with Gasteiger partial charge in [-0.1, -0.05) is 23.7 Å². The summed E-state index contributed by atoms with van der Waals surface area (Å²) >= 11 is 5.81. The van der Waals surface area contributed by atoms with E-state index < -0.39 is 16.6 Å². The minimum Gasteiger partial charge on any atom is -0.398 e. The van der Waals surface area contributed by atoms with Crippen LogP contribution >= 0.6 is 11.6 Å². The summed E-state index contributed by atoms with van der Waals surface area (Å²) in [6.07, 6.45) is 0. The second kappa shape index (κ2) is 5.72. The molecule has 2 nitrogen and oxygen atoms in total. The van der Waals surface area contributed by atoms with Crippen LogP contribution in [0.2, 0.25) is 5.02 Å². The Hall–Kier alpha value is -1.39. The molecule has 0 saturated carbocycles. The van der Waals surface area contributed by atoms with Crippen molar-refractivity contribution < 1.29 is 8.60 Å². The Morgan fingerprint density at radius 2 is 2.05 bits per heavy atom. The van der Waals surface area contributed by atoms with Crippen LogP contribution in [0.4, 0.5) is 10.1 Å². The SMILES string of the molecule is Cc1cccc(S(=O)Cc2cc(Cl)ccc2F)c1N. The Morgan fingerprint density at radius 1 is 1.32 bits per heavy atom. The Balaban J connectivity index is 2.31. The molecule has 0 saturated heterocycles.